The van der Waals surface area contributed by atoms with Crippen LogP contribution in [0, 0.1) is 0 Å². The number of hydrogen-bond donors (Lipinski definition) is 2. The van der Waals surface area contributed by atoms with Crippen LogP contribution in [-0.4, -0.2) is 11.1 Å². The Morgan fingerprint density at radius 1 is 1.19 bits per heavy atom. The molecular weight excluding hydrogens is 202 g/mol. The fourth-order valence-electron chi connectivity index (χ4n) is 1.69. The zero-order chi connectivity index (χ0) is 11.7. The van der Waals surface area contributed by atoms with Gasteiger partial charge >= 0.3 is 5.97 Å². The van der Waals surface area contributed by atoms with Crippen molar-refractivity contribution in [2.45, 2.75) is 12.8 Å². The number of nitrogen functional groups attached to an aromatic ring is 1. The highest BCUT2D eigenvalue weighted by molar-refractivity contribution is 5.87. The predicted molar refractivity (Wildman–Crippen MR) is 64.4 cm³/mol. The van der Waals surface area contributed by atoms with Gasteiger partial charge in [-0.05, 0) is 35.4 Å². The molecule has 0 aliphatic carbocycles. The number of carbonyl (C=O) groups is 1. The van der Waals surface area contributed by atoms with E-state index in [-0.39, 0.29) is 0 Å². The van der Waals surface area contributed by atoms with Crippen LogP contribution >= 0.6 is 0 Å². The van der Waals surface area contributed by atoms with Crippen LogP contribution in [0.2, 0.25) is 0 Å². The molecule has 0 bridgehead atoms. The first-order valence-corrected chi connectivity index (χ1v) is 5.10. The molecule has 0 spiro atoms. The van der Waals surface area contributed by atoms with Crippen LogP contribution in [0.4, 0.5) is 5.69 Å². The van der Waals surface area contributed by atoms with Gasteiger partial charge in [-0.1, -0.05) is 24.3 Å². The number of aliphatic carboxylic acids is 1. The SMILES string of the molecule is CC(C(=O)O)c1ccc2cc(N)ccc2c1. The molecule has 0 amide bonds. The van der Waals surface area contributed by atoms with Gasteiger partial charge in [0.05, 0.1) is 5.92 Å². The maximum atomic E-state index is 10.9. The van der Waals surface area contributed by atoms with Gasteiger partial charge in [0.25, 0.3) is 0 Å². The van der Waals surface area contributed by atoms with Crippen molar-refractivity contribution in [3.63, 3.8) is 0 Å². The highest BCUT2D eigenvalue weighted by Crippen LogP contribution is 2.23. The third-order valence-corrected chi connectivity index (χ3v) is 2.76. The Morgan fingerprint density at radius 3 is 2.50 bits per heavy atom. The first-order chi connectivity index (χ1) is 7.58. The van der Waals surface area contributed by atoms with Crippen molar-refractivity contribution in [3.05, 3.63) is 42.0 Å². The molecule has 1 atom stereocenters. The molecule has 2 rings (SSSR count). The lowest BCUT2D eigenvalue weighted by atomic mass is 9.98. The summed E-state index contributed by atoms with van der Waals surface area (Å²) in [4.78, 5) is 10.9. The largest absolute Gasteiger partial charge is 0.481 e. The van der Waals surface area contributed by atoms with Gasteiger partial charge < -0.3 is 10.8 Å². The number of carboxylic acid groups (broad SMARTS) is 1. The highest BCUT2D eigenvalue weighted by atomic mass is 16.4. The van der Waals surface area contributed by atoms with Crippen molar-refractivity contribution in [3.8, 4) is 0 Å². The van der Waals surface area contributed by atoms with Crippen LogP contribution in [0.1, 0.15) is 18.4 Å². The van der Waals surface area contributed by atoms with Crippen molar-refractivity contribution in [1.82, 2.24) is 0 Å². The smallest absolute Gasteiger partial charge is 0.310 e. The first kappa shape index (κ1) is 10.5. The molecule has 82 valence electrons. The predicted octanol–water partition coefficient (Wildman–Crippen LogP) is 2.61. The molecule has 0 saturated carbocycles. The van der Waals surface area contributed by atoms with Gasteiger partial charge in [0.15, 0.2) is 0 Å². The lowest BCUT2D eigenvalue weighted by Gasteiger charge is -2.08. The Morgan fingerprint density at radius 2 is 1.81 bits per heavy atom. The van der Waals surface area contributed by atoms with Crippen molar-refractivity contribution in [2.75, 3.05) is 5.73 Å². The molecule has 3 nitrogen and oxygen atoms in total. The average Bonchev–Trinajstić information content (AvgIpc) is 2.27. The number of nitrogens with two attached hydrogens (primary N) is 1. The molecule has 0 fully saturated rings. The molecule has 2 aromatic carbocycles. The van der Waals surface area contributed by atoms with E-state index in [1.54, 1.807) is 6.92 Å². The van der Waals surface area contributed by atoms with Crippen LogP contribution in [0.5, 0.6) is 0 Å². The van der Waals surface area contributed by atoms with E-state index >= 15 is 0 Å². The first-order valence-electron chi connectivity index (χ1n) is 5.10. The van der Waals surface area contributed by atoms with Crippen LogP contribution < -0.4 is 5.73 Å². The molecule has 0 aliphatic rings. The van der Waals surface area contributed by atoms with E-state index in [9.17, 15) is 4.79 Å². The Balaban J connectivity index is 2.52. The molecule has 0 aromatic heterocycles. The van der Waals surface area contributed by atoms with E-state index in [1.165, 1.54) is 0 Å². The van der Waals surface area contributed by atoms with Crippen molar-refractivity contribution in [1.29, 1.82) is 0 Å². The molecule has 0 heterocycles. The number of benzene rings is 2. The second kappa shape index (κ2) is 3.85. The van der Waals surface area contributed by atoms with Crippen LogP contribution in [0.25, 0.3) is 10.8 Å². The van der Waals surface area contributed by atoms with Crippen molar-refractivity contribution >= 4 is 22.4 Å². The zero-order valence-corrected chi connectivity index (χ0v) is 8.97. The molecule has 3 N–H and O–H groups in total. The summed E-state index contributed by atoms with van der Waals surface area (Å²) in [6.45, 7) is 1.68. The van der Waals surface area contributed by atoms with Crippen LogP contribution in [0.3, 0.4) is 0 Å². The van der Waals surface area contributed by atoms with Gasteiger partial charge in [-0.25, -0.2) is 0 Å². The lowest BCUT2D eigenvalue weighted by Crippen LogP contribution is -2.07. The quantitative estimate of drug-likeness (QED) is 0.757. The second-order valence-corrected chi connectivity index (χ2v) is 3.93. The van der Waals surface area contributed by atoms with Gasteiger partial charge in [0, 0.05) is 5.69 Å². The fraction of sp³-hybridized carbons (Fsp3) is 0.154. The van der Waals surface area contributed by atoms with Gasteiger partial charge in [0.1, 0.15) is 0 Å². The number of hydrogen-bond acceptors (Lipinski definition) is 2. The summed E-state index contributed by atoms with van der Waals surface area (Å²) in [7, 11) is 0. The fourth-order valence-corrected chi connectivity index (χ4v) is 1.69. The van der Waals surface area contributed by atoms with Gasteiger partial charge in [0.2, 0.25) is 0 Å². The monoisotopic (exact) mass is 215 g/mol. The number of anilines is 1. The Labute approximate surface area is 93.5 Å². The molecule has 0 aliphatic heterocycles. The minimum Gasteiger partial charge on any atom is -0.481 e. The standard InChI is InChI=1S/C13H13NO2/c1-8(13(15)16)9-2-3-11-7-12(14)5-4-10(11)6-9/h2-8H,14H2,1H3,(H,15,16). The second-order valence-electron chi connectivity index (χ2n) is 3.93. The molecule has 3 heteroatoms. The third-order valence-electron chi connectivity index (χ3n) is 2.76. The molecule has 2 aromatic rings. The van der Waals surface area contributed by atoms with E-state index in [2.05, 4.69) is 0 Å². The Kier molecular flexibility index (Phi) is 2.52. The molecule has 0 radical (unpaired) electrons. The molecule has 16 heavy (non-hydrogen) atoms. The summed E-state index contributed by atoms with van der Waals surface area (Å²) in [6, 6.07) is 11.2. The Bertz CT molecular complexity index is 549. The number of rotatable bonds is 2. The van der Waals surface area contributed by atoms with Gasteiger partial charge in [-0.3, -0.25) is 4.79 Å². The highest BCUT2D eigenvalue weighted by Gasteiger charge is 2.13. The van der Waals surface area contributed by atoms with Crippen LogP contribution in [-0.2, 0) is 4.79 Å². The van der Waals surface area contributed by atoms with Gasteiger partial charge in [-0.2, -0.15) is 0 Å². The topological polar surface area (TPSA) is 63.3 Å². The van der Waals surface area contributed by atoms with Crippen molar-refractivity contribution < 1.29 is 9.90 Å². The third kappa shape index (κ3) is 1.84. The summed E-state index contributed by atoms with van der Waals surface area (Å²) in [5, 5.41) is 11.0. The van der Waals surface area contributed by atoms with E-state index < -0.39 is 11.9 Å². The van der Waals surface area contributed by atoms with Crippen LogP contribution in [0.15, 0.2) is 36.4 Å². The average molecular weight is 215 g/mol. The normalized spacial score (nSPS) is 12.6. The minimum atomic E-state index is -0.810. The molecule has 0 saturated heterocycles. The van der Waals surface area contributed by atoms with Gasteiger partial charge in [-0.15, -0.1) is 0 Å². The van der Waals surface area contributed by atoms with Crippen molar-refractivity contribution in [2.24, 2.45) is 0 Å². The molecule has 1 unspecified atom stereocenters. The molecular formula is C13H13NO2. The van der Waals surface area contributed by atoms with E-state index in [1.807, 2.05) is 36.4 Å². The summed E-state index contributed by atoms with van der Waals surface area (Å²) < 4.78 is 0. The van der Waals surface area contributed by atoms with E-state index in [0.29, 0.717) is 5.69 Å². The number of fused-ring (bicyclic) bond motifs is 1. The summed E-state index contributed by atoms with van der Waals surface area (Å²) in [6.07, 6.45) is 0. The maximum absolute atomic E-state index is 10.9. The summed E-state index contributed by atoms with van der Waals surface area (Å²) in [5.74, 6) is -1.29. The number of carboxylic acids is 1. The minimum absolute atomic E-state index is 0.484. The zero-order valence-electron chi connectivity index (χ0n) is 8.97. The maximum Gasteiger partial charge on any atom is 0.310 e. The lowest BCUT2D eigenvalue weighted by molar-refractivity contribution is -0.138. The van der Waals surface area contributed by atoms with E-state index in [0.717, 1.165) is 16.3 Å². The summed E-state index contributed by atoms with van der Waals surface area (Å²) in [5.41, 5.74) is 7.20. The Hall–Kier alpha value is -2.03. The van der Waals surface area contributed by atoms with E-state index in [4.69, 9.17) is 10.8 Å². The summed E-state index contributed by atoms with van der Waals surface area (Å²) >= 11 is 0.